The van der Waals surface area contributed by atoms with Crippen LogP contribution in [0.1, 0.15) is 13.8 Å². The molecule has 3 aliphatic heterocycles. The van der Waals surface area contributed by atoms with Gasteiger partial charge < -0.3 is 18.5 Å². The zero-order valence-corrected chi connectivity index (χ0v) is 16.7. The van der Waals surface area contributed by atoms with E-state index in [0.717, 1.165) is 0 Å². The standard InChI is InChI=1S/C14H24F2O8P2/c1-7-11(15)14-10(21-7)6-20-25(3,17)23-13-8(2)22-9(12(13)16)5-19-26(4,18)24-14/h7-14H,5-6H2,1-4H3/t7-,8-,9+,10+,11-,12-,13-,14+,25?,26?/m0/s1. The van der Waals surface area contributed by atoms with Crippen LogP contribution in [-0.2, 0) is 36.7 Å². The molecule has 2 bridgehead atoms. The number of alkyl halides is 2. The van der Waals surface area contributed by atoms with Crippen LogP contribution in [0.3, 0.4) is 0 Å². The minimum absolute atomic E-state index is 0.328. The van der Waals surface area contributed by atoms with Crippen LogP contribution in [0.2, 0.25) is 0 Å². The van der Waals surface area contributed by atoms with E-state index in [1.54, 1.807) is 6.92 Å². The van der Waals surface area contributed by atoms with Crippen LogP contribution >= 0.6 is 15.2 Å². The Kier molecular flexibility index (Phi) is 5.99. The largest absolute Gasteiger partial charge is 0.367 e. The van der Waals surface area contributed by atoms with Crippen molar-refractivity contribution in [3.63, 3.8) is 0 Å². The number of hydrogen-bond acceptors (Lipinski definition) is 8. The van der Waals surface area contributed by atoms with Crippen molar-refractivity contribution in [1.29, 1.82) is 0 Å². The van der Waals surface area contributed by atoms with Crippen LogP contribution in [0, 0.1) is 0 Å². The minimum atomic E-state index is -3.73. The maximum Gasteiger partial charge on any atom is 0.328 e. The van der Waals surface area contributed by atoms with Gasteiger partial charge in [-0.25, -0.2) is 8.78 Å². The van der Waals surface area contributed by atoms with E-state index in [1.165, 1.54) is 20.3 Å². The second kappa shape index (κ2) is 7.48. The maximum atomic E-state index is 14.6. The highest BCUT2D eigenvalue weighted by molar-refractivity contribution is 7.53. The molecule has 0 N–H and O–H groups in total. The molecule has 12 heteroatoms. The van der Waals surface area contributed by atoms with Crippen molar-refractivity contribution < 1.29 is 45.5 Å². The summed E-state index contributed by atoms with van der Waals surface area (Å²) in [5.74, 6) is 0. The van der Waals surface area contributed by atoms with Gasteiger partial charge in [-0.1, -0.05) is 0 Å². The zero-order valence-electron chi connectivity index (χ0n) is 14.9. The Bertz CT molecular complexity index is 622. The summed E-state index contributed by atoms with van der Waals surface area (Å²) < 4.78 is 86.1. The molecular weight excluding hydrogens is 396 g/mol. The van der Waals surface area contributed by atoms with Crippen molar-refractivity contribution in [3.05, 3.63) is 0 Å². The zero-order chi connectivity index (χ0) is 19.3. The smallest absolute Gasteiger partial charge is 0.328 e. The van der Waals surface area contributed by atoms with Gasteiger partial charge in [0.2, 0.25) is 0 Å². The summed E-state index contributed by atoms with van der Waals surface area (Å²) in [4.78, 5) is 0. The van der Waals surface area contributed by atoms with Gasteiger partial charge >= 0.3 is 15.2 Å². The predicted octanol–water partition coefficient (Wildman–Crippen LogP) is 2.70. The number of ether oxygens (including phenoxy) is 2. The third-order valence-electron chi connectivity index (χ3n) is 4.61. The quantitative estimate of drug-likeness (QED) is 0.553. The first-order valence-corrected chi connectivity index (χ1v) is 12.4. The molecule has 26 heavy (non-hydrogen) atoms. The van der Waals surface area contributed by atoms with Crippen molar-refractivity contribution in [3.8, 4) is 0 Å². The van der Waals surface area contributed by atoms with Crippen LogP contribution in [0.4, 0.5) is 8.78 Å². The lowest BCUT2D eigenvalue weighted by molar-refractivity contribution is -0.0253. The van der Waals surface area contributed by atoms with Gasteiger partial charge in [-0.3, -0.25) is 18.2 Å². The van der Waals surface area contributed by atoms with Gasteiger partial charge in [0.25, 0.3) is 0 Å². The summed E-state index contributed by atoms with van der Waals surface area (Å²) in [5, 5.41) is 0. The van der Waals surface area contributed by atoms with E-state index in [-0.39, 0.29) is 13.2 Å². The Morgan fingerprint density at radius 2 is 1.27 bits per heavy atom. The van der Waals surface area contributed by atoms with E-state index in [2.05, 4.69) is 0 Å². The SMILES string of the molecule is C[C@@H]1O[C@@H]2COP(C)(=O)O[C@@H]3[C@@H](F)[C@@H](COP(C)(=O)O[C@H]2[C@H]1F)O[C@H]3C. The molecule has 8 nitrogen and oxygen atoms in total. The lowest BCUT2D eigenvalue weighted by Gasteiger charge is -2.25. The predicted molar refractivity (Wildman–Crippen MR) is 87.2 cm³/mol. The number of fused-ring (bicyclic) bond motifs is 3. The highest BCUT2D eigenvalue weighted by Crippen LogP contribution is 2.52. The van der Waals surface area contributed by atoms with Crippen molar-refractivity contribution in [2.45, 2.75) is 62.8 Å². The summed E-state index contributed by atoms with van der Waals surface area (Å²) in [6.07, 6.45) is -9.18. The monoisotopic (exact) mass is 420 g/mol. The van der Waals surface area contributed by atoms with E-state index in [4.69, 9.17) is 27.6 Å². The van der Waals surface area contributed by atoms with Gasteiger partial charge in [-0.05, 0) is 13.8 Å². The maximum absolute atomic E-state index is 14.6. The topological polar surface area (TPSA) is 89.5 Å². The Labute approximate surface area is 150 Å². The highest BCUT2D eigenvalue weighted by Gasteiger charge is 2.50. The Morgan fingerprint density at radius 1 is 0.769 bits per heavy atom. The van der Waals surface area contributed by atoms with E-state index in [1.807, 2.05) is 0 Å². The van der Waals surface area contributed by atoms with Gasteiger partial charge in [0.05, 0.1) is 25.4 Å². The Balaban J connectivity index is 1.85. The summed E-state index contributed by atoms with van der Waals surface area (Å²) in [6, 6.07) is 0. The molecule has 0 radical (unpaired) electrons. The molecule has 0 aromatic heterocycles. The molecule has 3 heterocycles. The molecule has 0 aromatic rings. The van der Waals surface area contributed by atoms with Crippen LogP contribution < -0.4 is 0 Å². The fourth-order valence-electron chi connectivity index (χ4n) is 3.25. The van der Waals surface area contributed by atoms with Crippen molar-refractivity contribution >= 4 is 15.2 Å². The molecule has 152 valence electrons. The fraction of sp³-hybridized carbons (Fsp3) is 1.00. The molecule has 3 aliphatic rings. The average Bonchev–Trinajstić information content (AvgIpc) is 2.95. The summed E-state index contributed by atoms with van der Waals surface area (Å²) in [7, 11) is -7.41. The van der Waals surface area contributed by atoms with E-state index in [9.17, 15) is 17.9 Å². The fourth-order valence-corrected chi connectivity index (χ4v) is 5.64. The first-order chi connectivity index (χ1) is 12.0. The van der Waals surface area contributed by atoms with Gasteiger partial charge in [-0.15, -0.1) is 0 Å². The van der Waals surface area contributed by atoms with E-state index in [0.29, 0.717) is 0 Å². The van der Waals surface area contributed by atoms with Crippen molar-refractivity contribution in [1.82, 2.24) is 0 Å². The van der Waals surface area contributed by atoms with Gasteiger partial charge in [-0.2, -0.15) is 0 Å². The lowest BCUT2D eigenvalue weighted by atomic mass is 10.1. The molecule has 3 fully saturated rings. The molecule has 2 unspecified atom stereocenters. The van der Waals surface area contributed by atoms with Crippen LogP contribution in [0.5, 0.6) is 0 Å². The lowest BCUT2D eigenvalue weighted by Crippen LogP contribution is -2.34. The summed E-state index contributed by atoms with van der Waals surface area (Å²) in [6.45, 7) is 4.73. The Morgan fingerprint density at radius 3 is 1.88 bits per heavy atom. The molecule has 10 atom stereocenters. The average molecular weight is 420 g/mol. The molecule has 0 amide bonds. The van der Waals surface area contributed by atoms with E-state index >= 15 is 0 Å². The summed E-state index contributed by atoms with van der Waals surface area (Å²) >= 11 is 0. The van der Waals surface area contributed by atoms with Crippen molar-refractivity contribution in [2.75, 3.05) is 26.5 Å². The highest BCUT2D eigenvalue weighted by atomic mass is 31.2. The number of halogens is 2. The molecule has 0 aromatic carbocycles. The van der Waals surface area contributed by atoms with Crippen molar-refractivity contribution in [2.24, 2.45) is 0 Å². The van der Waals surface area contributed by atoms with Gasteiger partial charge in [0, 0.05) is 13.3 Å². The number of rotatable bonds is 0. The van der Waals surface area contributed by atoms with E-state index < -0.39 is 64.2 Å². The van der Waals surface area contributed by atoms with Gasteiger partial charge in [0.1, 0.15) is 24.4 Å². The second-order valence-electron chi connectivity index (χ2n) is 6.92. The molecule has 0 saturated carbocycles. The number of hydrogen-bond donors (Lipinski definition) is 0. The second-order valence-corrected chi connectivity index (χ2v) is 10.9. The van der Waals surface area contributed by atoms with Gasteiger partial charge in [0.15, 0.2) is 12.3 Å². The molecule has 3 rings (SSSR count). The van der Waals surface area contributed by atoms with Crippen LogP contribution in [0.25, 0.3) is 0 Å². The molecule has 3 saturated heterocycles. The van der Waals surface area contributed by atoms with Crippen LogP contribution in [-0.4, -0.2) is 75.5 Å². The first-order valence-electron chi connectivity index (χ1n) is 8.39. The molecule has 0 aliphatic carbocycles. The third kappa shape index (κ3) is 4.39. The molecule has 0 spiro atoms. The Hall–Kier alpha value is 0.0800. The van der Waals surface area contributed by atoms with Crippen LogP contribution in [0.15, 0.2) is 0 Å². The minimum Gasteiger partial charge on any atom is -0.367 e. The first kappa shape index (κ1) is 20.8. The third-order valence-corrected chi connectivity index (χ3v) is 7.10. The summed E-state index contributed by atoms with van der Waals surface area (Å²) in [5.41, 5.74) is 0. The normalized spacial score (nSPS) is 56.2. The molecular formula is C14H24F2O8P2.